The summed E-state index contributed by atoms with van der Waals surface area (Å²) in [6.45, 7) is 6.15. The molecule has 3 heterocycles. The lowest BCUT2D eigenvalue weighted by atomic mass is 9.96. The molecule has 0 radical (unpaired) electrons. The molecule has 32 heavy (non-hydrogen) atoms. The van der Waals surface area contributed by atoms with Crippen LogP contribution in [0.5, 0.6) is 5.75 Å². The van der Waals surface area contributed by atoms with Crippen molar-refractivity contribution in [3.8, 4) is 5.75 Å². The van der Waals surface area contributed by atoms with Gasteiger partial charge in [-0.25, -0.2) is 0 Å². The molecular formula is C22H24F3N5O2. The number of alkyl halides is 3. The van der Waals surface area contributed by atoms with E-state index in [9.17, 15) is 13.2 Å². The van der Waals surface area contributed by atoms with Gasteiger partial charge in [-0.1, -0.05) is 0 Å². The molecule has 7 nitrogen and oxygen atoms in total. The SMILES string of the molecule is Cc1c([C@@H](C)Nc2nnc(C)c3ncc(O[C@H]4CCOC4)cc23)cc(N)cc1C(F)(F)F. The molecule has 1 aliphatic heterocycles. The van der Waals surface area contributed by atoms with Gasteiger partial charge in [0.05, 0.1) is 47.6 Å². The highest BCUT2D eigenvalue weighted by atomic mass is 19.4. The van der Waals surface area contributed by atoms with Crippen molar-refractivity contribution >= 4 is 22.4 Å². The highest BCUT2D eigenvalue weighted by Gasteiger charge is 2.34. The fourth-order valence-electron chi connectivity index (χ4n) is 3.90. The van der Waals surface area contributed by atoms with E-state index >= 15 is 0 Å². The van der Waals surface area contributed by atoms with Crippen molar-refractivity contribution < 1.29 is 22.6 Å². The predicted octanol–water partition coefficient (Wildman–Crippen LogP) is 4.58. The number of hydrogen-bond acceptors (Lipinski definition) is 7. The van der Waals surface area contributed by atoms with E-state index in [1.54, 1.807) is 26.1 Å². The third-order valence-electron chi connectivity index (χ3n) is 5.55. The quantitative estimate of drug-likeness (QED) is 0.553. The number of pyridine rings is 1. The molecule has 1 aromatic carbocycles. The Bertz CT molecular complexity index is 1150. The zero-order chi connectivity index (χ0) is 23.0. The Morgan fingerprint density at radius 2 is 2.00 bits per heavy atom. The van der Waals surface area contributed by atoms with Gasteiger partial charge in [0.2, 0.25) is 0 Å². The average molecular weight is 447 g/mol. The lowest BCUT2D eigenvalue weighted by Crippen LogP contribution is -2.16. The maximum absolute atomic E-state index is 13.4. The molecule has 2 aromatic heterocycles. The fraction of sp³-hybridized carbons (Fsp3) is 0.409. The smallest absolute Gasteiger partial charge is 0.416 e. The van der Waals surface area contributed by atoms with E-state index < -0.39 is 17.8 Å². The molecule has 3 aromatic rings. The molecule has 0 spiro atoms. The molecule has 0 aliphatic carbocycles. The third kappa shape index (κ3) is 4.40. The van der Waals surface area contributed by atoms with E-state index in [1.165, 1.54) is 6.92 Å². The van der Waals surface area contributed by atoms with E-state index in [0.717, 1.165) is 12.5 Å². The van der Waals surface area contributed by atoms with Gasteiger partial charge in [0, 0.05) is 12.1 Å². The first-order valence-corrected chi connectivity index (χ1v) is 10.2. The van der Waals surface area contributed by atoms with Crippen molar-refractivity contribution in [3.63, 3.8) is 0 Å². The Balaban J connectivity index is 1.69. The summed E-state index contributed by atoms with van der Waals surface area (Å²) in [7, 11) is 0. The van der Waals surface area contributed by atoms with Crippen molar-refractivity contribution in [2.24, 2.45) is 0 Å². The van der Waals surface area contributed by atoms with E-state index in [0.29, 0.717) is 46.9 Å². The molecule has 1 aliphatic rings. The summed E-state index contributed by atoms with van der Waals surface area (Å²) in [6, 6.07) is 3.78. The van der Waals surface area contributed by atoms with Crippen LogP contribution < -0.4 is 15.8 Å². The zero-order valence-corrected chi connectivity index (χ0v) is 18.0. The molecule has 2 atom stereocenters. The molecule has 10 heteroatoms. The van der Waals surface area contributed by atoms with Crippen LogP contribution in [0.15, 0.2) is 24.4 Å². The molecular weight excluding hydrogens is 423 g/mol. The number of nitrogens with two attached hydrogens (primary N) is 1. The lowest BCUT2D eigenvalue weighted by Gasteiger charge is -2.22. The molecule has 1 fully saturated rings. The highest BCUT2D eigenvalue weighted by molar-refractivity contribution is 5.91. The Morgan fingerprint density at radius 1 is 1.22 bits per heavy atom. The van der Waals surface area contributed by atoms with E-state index in [2.05, 4.69) is 20.5 Å². The maximum atomic E-state index is 13.4. The predicted molar refractivity (Wildman–Crippen MR) is 115 cm³/mol. The Kier molecular flexibility index (Phi) is 5.81. The monoisotopic (exact) mass is 447 g/mol. The maximum Gasteiger partial charge on any atom is 0.416 e. The standard InChI is InChI=1S/C22H24F3N5O2/c1-11-17(6-14(26)7-19(11)22(23,24)25)12(2)28-21-18-8-16(32-15-4-5-31-10-15)9-27-20(18)13(3)29-30-21/h6-9,12,15H,4-5,10,26H2,1-3H3,(H,28,30)/t12-,15+/m1/s1. The number of rotatable bonds is 5. The second-order valence-electron chi connectivity index (χ2n) is 7.95. The van der Waals surface area contributed by atoms with Crippen molar-refractivity contribution in [2.75, 3.05) is 24.3 Å². The van der Waals surface area contributed by atoms with Crippen LogP contribution in [0.4, 0.5) is 24.7 Å². The van der Waals surface area contributed by atoms with Gasteiger partial charge >= 0.3 is 6.18 Å². The van der Waals surface area contributed by atoms with Crippen LogP contribution in [0, 0.1) is 13.8 Å². The van der Waals surface area contributed by atoms with Crippen LogP contribution in [0.3, 0.4) is 0 Å². The topological polar surface area (TPSA) is 95.2 Å². The zero-order valence-electron chi connectivity index (χ0n) is 18.0. The first-order valence-electron chi connectivity index (χ1n) is 10.2. The van der Waals surface area contributed by atoms with Crippen LogP contribution in [0.1, 0.15) is 41.8 Å². The van der Waals surface area contributed by atoms with Gasteiger partial charge in [-0.3, -0.25) is 4.98 Å². The molecule has 170 valence electrons. The van der Waals surface area contributed by atoms with Crippen LogP contribution in [-0.2, 0) is 10.9 Å². The summed E-state index contributed by atoms with van der Waals surface area (Å²) in [5.74, 6) is 0.963. The molecule has 4 rings (SSSR count). The number of halogens is 3. The van der Waals surface area contributed by atoms with Gasteiger partial charge in [0.1, 0.15) is 11.9 Å². The number of aromatic nitrogens is 3. The van der Waals surface area contributed by atoms with Crippen LogP contribution >= 0.6 is 0 Å². The van der Waals surface area contributed by atoms with Gasteiger partial charge in [-0.05, 0) is 50.1 Å². The largest absolute Gasteiger partial charge is 0.486 e. The molecule has 0 bridgehead atoms. The molecule has 1 saturated heterocycles. The van der Waals surface area contributed by atoms with E-state index in [4.69, 9.17) is 15.2 Å². The third-order valence-corrected chi connectivity index (χ3v) is 5.55. The van der Waals surface area contributed by atoms with Crippen molar-refractivity contribution in [3.05, 3.63) is 46.8 Å². The summed E-state index contributed by atoms with van der Waals surface area (Å²) < 4.78 is 51.6. The molecule has 3 N–H and O–H groups in total. The number of benzene rings is 1. The summed E-state index contributed by atoms with van der Waals surface area (Å²) in [4.78, 5) is 4.46. The van der Waals surface area contributed by atoms with Gasteiger partial charge in [0.15, 0.2) is 5.82 Å². The van der Waals surface area contributed by atoms with Crippen LogP contribution in [-0.4, -0.2) is 34.5 Å². The number of aryl methyl sites for hydroxylation is 1. The van der Waals surface area contributed by atoms with Gasteiger partial charge in [0.25, 0.3) is 0 Å². The van der Waals surface area contributed by atoms with Gasteiger partial charge in [-0.15, -0.1) is 5.10 Å². The van der Waals surface area contributed by atoms with Gasteiger partial charge in [-0.2, -0.15) is 18.3 Å². The number of fused-ring (bicyclic) bond motifs is 1. The minimum atomic E-state index is -4.50. The summed E-state index contributed by atoms with van der Waals surface area (Å²) in [5.41, 5.74) is 6.86. The second kappa shape index (κ2) is 8.42. The van der Waals surface area contributed by atoms with Gasteiger partial charge < -0.3 is 20.5 Å². The second-order valence-corrected chi connectivity index (χ2v) is 7.95. The average Bonchev–Trinajstić information content (AvgIpc) is 3.23. The number of ether oxygens (including phenoxy) is 2. The Labute approximate surface area is 183 Å². The van der Waals surface area contributed by atoms with E-state index in [-0.39, 0.29) is 17.4 Å². The summed E-state index contributed by atoms with van der Waals surface area (Å²) >= 11 is 0. The van der Waals surface area contributed by atoms with E-state index in [1.807, 2.05) is 6.07 Å². The number of nitrogens with one attached hydrogen (secondary N) is 1. The molecule has 0 amide bonds. The van der Waals surface area contributed by atoms with Crippen LogP contribution in [0.2, 0.25) is 0 Å². The fourth-order valence-corrected chi connectivity index (χ4v) is 3.90. The summed E-state index contributed by atoms with van der Waals surface area (Å²) in [5, 5.41) is 12.2. The number of nitrogens with zero attached hydrogens (tertiary/aromatic N) is 3. The van der Waals surface area contributed by atoms with Crippen molar-refractivity contribution in [1.29, 1.82) is 0 Å². The Morgan fingerprint density at radius 3 is 2.69 bits per heavy atom. The highest BCUT2D eigenvalue weighted by Crippen LogP contribution is 2.37. The Hall–Kier alpha value is -3.14. The normalized spacial score (nSPS) is 17.5. The van der Waals surface area contributed by atoms with Crippen molar-refractivity contribution in [1.82, 2.24) is 15.2 Å². The number of hydrogen-bond donors (Lipinski definition) is 2. The summed E-state index contributed by atoms with van der Waals surface area (Å²) in [6.07, 6.45) is -2.12. The first-order chi connectivity index (χ1) is 15.1. The van der Waals surface area contributed by atoms with Crippen molar-refractivity contribution in [2.45, 2.75) is 45.5 Å². The minimum Gasteiger partial charge on any atom is -0.486 e. The van der Waals surface area contributed by atoms with Crippen LogP contribution in [0.25, 0.3) is 10.9 Å². The molecule has 0 unspecified atom stereocenters. The number of anilines is 2. The number of nitrogen functional groups attached to an aromatic ring is 1. The first kappa shape index (κ1) is 22.1. The minimum absolute atomic E-state index is 0.0440. The molecule has 0 saturated carbocycles. The lowest BCUT2D eigenvalue weighted by molar-refractivity contribution is -0.138.